The number of nitrogens with zero attached hydrogens (tertiary/aromatic N) is 2. The van der Waals surface area contributed by atoms with E-state index in [0.717, 1.165) is 0 Å². The van der Waals surface area contributed by atoms with E-state index in [9.17, 15) is 4.79 Å². The number of nitrogens with one attached hydrogen (secondary N) is 1. The summed E-state index contributed by atoms with van der Waals surface area (Å²) in [6.45, 7) is 0. The first-order chi connectivity index (χ1) is 8.13. The van der Waals surface area contributed by atoms with Gasteiger partial charge in [-0.15, -0.1) is 0 Å². The molecule has 8 heteroatoms. The van der Waals surface area contributed by atoms with Gasteiger partial charge in [-0.3, -0.25) is 0 Å². The maximum atomic E-state index is 11.7. The van der Waals surface area contributed by atoms with Gasteiger partial charge in [0.05, 0.1) is 0 Å². The van der Waals surface area contributed by atoms with Crippen molar-refractivity contribution in [3.8, 4) is 0 Å². The average Bonchev–Trinajstić information content (AvgIpc) is 2.34. The third kappa shape index (κ3) is 2.91. The van der Waals surface area contributed by atoms with Crippen LogP contribution in [0.25, 0.3) is 10.8 Å². The summed E-state index contributed by atoms with van der Waals surface area (Å²) in [6.07, 6.45) is 0. The Kier molecular flexibility index (Phi) is 4.61. The van der Waals surface area contributed by atoms with Gasteiger partial charge in [0.2, 0.25) is 0 Å². The summed E-state index contributed by atoms with van der Waals surface area (Å²) in [7, 11) is 0. The quantitative estimate of drug-likeness (QED) is 0.473. The van der Waals surface area contributed by atoms with Crippen LogP contribution >= 0.6 is 41.8 Å². The van der Waals surface area contributed by atoms with E-state index < -0.39 is 0 Å². The van der Waals surface area contributed by atoms with E-state index in [1.807, 2.05) is 0 Å². The minimum absolute atomic E-state index is 0.113. The van der Waals surface area contributed by atoms with Crippen LogP contribution in [0.5, 0.6) is 0 Å². The van der Waals surface area contributed by atoms with Crippen molar-refractivity contribution in [1.29, 1.82) is 0 Å². The molecule has 4 nitrogen and oxygen atoms in total. The summed E-state index contributed by atoms with van der Waals surface area (Å²) in [5.41, 5.74) is 0.542. The van der Waals surface area contributed by atoms with Gasteiger partial charge in [0.1, 0.15) is 0 Å². The number of aromatic nitrogens is 2. The van der Waals surface area contributed by atoms with Crippen LogP contribution in [-0.2, 0) is 0 Å². The van der Waals surface area contributed by atoms with Gasteiger partial charge in [0.15, 0.2) is 0 Å². The zero-order valence-electron chi connectivity index (χ0n) is 8.05. The molecule has 17 heavy (non-hydrogen) atoms. The Morgan fingerprint density at radius 3 is 2.53 bits per heavy atom. The Morgan fingerprint density at radius 2 is 1.88 bits per heavy atom. The molecule has 1 heterocycles. The molecule has 0 bridgehead atoms. The third-order valence-corrected chi connectivity index (χ3v) is 4.69. The van der Waals surface area contributed by atoms with Gasteiger partial charge in [0, 0.05) is 0 Å². The van der Waals surface area contributed by atoms with E-state index in [4.69, 9.17) is 23.2 Å². The molecule has 0 radical (unpaired) electrons. The van der Waals surface area contributed by atoms with Crippen molar-refractivity contribution in [2.24, 2.45) is 0 Å². The van der Waals surface area contributed by atoms with Crippen molar-refractivity contribution in [3.05, 3.63) is 34.1 Å². The van der Waals surface area contributed by atoms with Crippen LogP contribution in [0.4, 0.5) is 0 Å². The first-order valence-electron chi connectivity index (χ1n) is 4.30. The van der Waals surface area contributed by atoms with Crippen molar-refractivity contribution in [1.82, 2.24) is 13.7 Å². The summed E-state index contributed by atoms with van der Waals surface area (Å²) < 4.78 is 2.81. The number of carbonyl (C=O) groups is 1. The van der Waals surface area contributed by atoms with Crippen LogP contribution in [0.3, 0.4) is 0 Å². The van der Waals surface area contributed by atoms with Crippen LogP contribution in [0.2, 0.25) is 10.3 Å². The van der Waals surface area contributed by atoms with Gasteiger partial charge in [0.25, 0.3) is 0 Å². The number of fused-ring (bicyclic) bond motifs is 1. The van der Waals surface area contributed by atoms with E-state index in [1.54, 1.807) is 18.2 Å². The second-order valence-electron chi connectivity index (χ2n) is 3.04. The normalized spacial score (nSPS) is 10.8. The predicted octanol–water partition coefficient (Wildman–Crippen LogP) is 0.0204. The van der Waals surface area contributed by atoms with Crippen molar-refractivity contribution < 1.29 is 22.3 Å². The van der Waals surface area contributed by atoms with Crippen LogP contribution in [-0.4, -0.2) is 16.1 Å². The van der Waals surface area contributed by atoms with E-state index in [0.29, 0.717) is 16.3 Å². The fourth-order valence-corrected chi connectivity index (χ4v) is 3.45. The van der Waals surface area contributed by atoms with Gasteiger partial charge in [-0.2, -0.15) is 0 Å². The standard InChI is InChI=1S/C9H4Cl2I2N3O/c10-7-5-2-1-4(9(17)14-13-12)3-6(5)8(11)16-15-7/h1-3H,(H,14,17)/q-1. The van der Waals surface area contributed by atoms with Gasteiger partial charge in [-0.05, 0) is 0 Å². The average molecular weight is 495 g/mol. The predicted molar refractivity (Wildman–Crippen MR) is 71.0 cm³/mol. The summed E-state index contributed by atoms with van der Waals surface area (Å²) in [4.78, 5) is 11.7. The van der Waals surface area contributed by atoms with Crippen molar-refractivity contribution in [3.63, 3.8) is 0 Å². The zero-order valence-corrected chi connectivity index (χ0v) is 13.9. The molecule has 0 unspecified atom stereocenters. The topological polar surface area (TPSA) is 54.9 Å². The Labute approximate surface area is 127 Å². The molecule has 2 aromatic rings. The van der Waals surface area contributed by atoms with Gasteiger partial charge in [-0.1, -0.05) is 0 Å². The Hall–Kier alpha value is 0.0700. The van der Waals surface area contributed by atoms with Crippen LogP contribution in [0.15, 0.2) is 18.2 Å². The molecule has 0 aliphatic heterocycles. The zero-order chi connectivity index (χ0) is 12.4. The molecule has 1 N–H and O–H groups in total. The number of benzene rings is 1. The van der Waals surface area contributed by atoms with E-state index in [1.165, 1.54) is 0 Å². The van der Waals surface area contributed by atoms with Crippen molar-refractivity contribution in [2.75, 3.05) is 0 Å². The molecule has 1 aromatic heterocycles. The number of halogens is 4. The molecule has 2 rings (SSSR count). The Bertz CT molecular complexity index is 594. The molecule has 1 aromatic carbocycles. The van der Waals surface area contributed by atoms with Gasteiger partial charge >= 0.3 is 129 Å². The minimum atomic E-state index is -0.334. The molecule has 0 saturated heterocycles. The number of carbonyl (C=O) groups excluding carboxylic acids is 1. The third-order valence-electron chi connectivity index (χ3n) is 2.07. The summed E-state index contributed by atoms with van der Waals surface area (Å²) in [6, 6.07) is 5.08. The molecule has 0 saturated carbocycles. The fourth-order valence-electron chi connectivity index (χ4n) is 1.32. The number of rotatable bonds is 2. The monoisotopic (exact) mass is 494 g/mol. The molecule has 0 aliphatic carbocycles. The molecular weight excluding hydrogens is 491 g/mol. The fraction of sp³-hybridized carbons (Fsp3) is 0. The first kappa shape index (κ1) is 13.5. The SMILES string of the molecule is O=C(N[I-]I)c1ccc2c(Cl)nnc(Cl)c2c1. The molecular formula is C9H4Cl2I2N3O-. The molecule has 0 spiro atoms. The van der Waals surface area contributed by atoms with E-state index in [2.05, 4.69) is 32.3 Å². The van der Waals surface area contributed by atoms with Crippen molar-refractivity contribution in [2.45, 2.75) is 0 Å². The number of hydrogen-bond acceptors (Lipinski definition) is 3. The summed E-state index contributed by atoms with van der Waals surface area (Å²) in [5, 5.41) is 9.25. The second-order valence-corrected chi connectivity index (χ2v) is 7.44. The molecule has 0 fully saturated rings. The van der Waals surface area contributed by atoms with E-state index in [-0.39, 0.29) is 33.7 Å². The number of hydrogen-bond donors (Lipinski definition) is 1. The molecule has 0 aliphatic rings. The first-order valence-corrected chi connectivity index (χ1v) is 12.4. The Balaban J connectivity index is 2.57. The summed E-state index contributed by atoms with van der Waals surface area (Å²) >= 11 is 13.7. The van der Waals surface area contributed by atoms with Crippen LogP contribution in [0, 0.1) is 0 Å². The van der Waals surface area contributed by atoms with Gasteiger partial charge in [-0.25, -0.2) is 0 Å². The molecule has 90 valence electrons. The maximum absolute atomic E-state index is 11.7. The van der Waals surface area contributed by atoms with Crippen LogP contribution in [0.1, 0.15) is 10.4 Å². The molecule has 1 amide bonds. The van der Waals surface area contributed by atoms with Crippen LogP contribution < -0.4 is 21.0 Å². The van der Waals surface area contributed by atoms with E-state index >= 15 is 0 Å². The van der Waals surface area contributed by atoms with Gasteiger partial charge < -0.3 is 0 Å². The number of amides is 1. The molecule has 0 atom stereocenters. The second kappa shape index (κ2) is 5.81. The summed E-state index contributed by atoms with van der Waals surface area (Å²) in [5.74, 6) is -0.113. The van der Waals surface area contributed by atoms with Crippen molar-refractivity contribution >= 4 is 58.5 Å². The Morgan fingerprint density at radius 1 is 1.24 bits per heavy atom.